The van der Waals surface area contributed by atoms with Crippen LogP contribution < -0.4 is 0 Å². The van der Waals surface area contributed by atoms with Gasteiger partial charge in [-0.3, -0.25) is 9.59 Å². The van der Waals surface area contributed by atoms with Crippen molar-refractivity contribution in [3.8, 4) is 0 Å². The van der Waals surface area contributed by atoms with Crippen molar-refractivity contribution in [2.24, 2.45) is 22.2 Å². The van der Waals surface area contributed by atoms with E-state index in [2.05, 4.69) is 55.4 Å². The third-order valence-electron chi connectivity index (χ3n) is 15.7. The largest absolute Gasteiger partial charge is 0.481 e. The first-order valence-corrected chi connectivity index (χ1v) is 29.4. The molecule has 0 aromatic carbocycles. The summed E-state index contributed by atoms with van der Waals surface area (Å²) in [6.45, 7) is 22.7. The Labute approximate surface area is 404 Å². The second-order valence-electron chi connectivity index (χ2n) is 21.1. The summed E-state index contributed by atoms with van der Waals surface area (Å²) in [4.78, 5) is 23.4. The van der Waals surface area contributed by atoms with Crippen LogP contribution in [0.5, 0.6) is 0 Å². The number of ether oxygens (including phenoxy) is 1. The topological polar surface area (TPSA) is 63.6 Å². The lowest BCUT2D eigenvalue weighted by atomic mass is 9.47. The van der Waals surface area contributed by atoms with Crippen molar-refractivity contribution >= 4 is 11.9 Å². The number of unbranched alkanes of at least 4 members (excludes halogenated alkanes) is 24. The Morgan fingerprint density at radius 1 is 0.375 bits per heavy atom. The van der Waals surface area contributed by atoms with E-state index in [9.17, 15) is 4.79 Å². The van der Waals surface area contributed by atoms with Crippen molar-refractivity contribution in [1.29, 1.82) is 0 Å². The fraction of sp³-hybridized carbons (Fsp3) is 0.967. The standard InChI is InChI=1S/C58H116O2.C2H4O2/c1-10-19-27-35-44-54(45-43-48-56(55(59)60-18-9,46-36-28-20-11-2)47-37-29-21-12-3)58(52-41-33-25-16-7,53-42-34-26-17-8)57(49-38-30-22-13-4,50-39-31-23-14-5)51-40-32-24-15-6;1-2(3)4/h54H,10-53H2,1-9H3;1H3,(H,3,4). The highest BCUT2D eigenvalue weighted by Crippen LogP contribution is 2.62. The van der Waals surface area contributed by atoms with E-state index in [1.54, 1.807) is 0 Å². The number of hydrogen-bond acceptors (Lipinski definition) is 3. The van der Waals surface area contributed by atoms with Gasteiger partial charge in [-0.15, -0.1) is 0 Å². The van der Waals surface area contributed by atoms with Crippen molar-refractivity contribution in [3.05, 3.63) is 0 Å². The highest BCUT2D eigenvalue weighted by Gasteiger charge is 2.52. The Balaban J connectivity index is 0. The molecule has 0 aromatic heterocycles. The number of carboxylic acid groups (broad SMARTS) is 1. The molecule has 1 N–H and O–H groups in total. The Kier molecular flexibility index (Phi) is 46.4. The minimum atomic E-state index is -0.833. The maximum Gasteiger partial charge on any atom is 0.312 e. The lowest BCUT2D eigenvalue weighted by Gasteiger charge is -2.57. The summed E-state index contributed by atoms with van der Waals surface area (Å²) in [6, 6.07) is 0. The molecule has 1 unspecified atom stereocenters. The first kappa shape index (κ1) is 65.0. The molecule has 0 aliphatic carbocycles. The van der Waals surface area contributed by atoms with Gasteiger partial charge < -0.3 is 9.84 Å². The molecular formula is C60H120O4. The molecule has 0 amide bonds. The number of carbonyl (C=O) groups excluding carboxylic acids is 1. The number of rotatable bonds is 48. The van der Waals surface area contributed by atoms with Gasteiger partial charge in [0.2, 0.25) is 0 Å². The lowest BCUT2D eigenvalue weighted by Crippen LogP contribution is -2.48. The number of carbonyl (C=O) groups is 2. The van der Waals surface area contributed by atoms with E-state index in [1.807, 2.05) is 6.92 Å². The van der Waals surface area contributed by atoms with E-state index < -0.39 is 5.97 Å². The Bertz CT molecular complexity index is 929. The van der Waals surface area contributed by atoms with Crippen molar-refractivity contribution in [3.63, 3.8) is 0 Å². The average molecular weight is 906 g/mol. The molecule has 4 nitrogen and oxygen atoms in total. The van der Waals surface area contributed by atoms with Gasteiger partial charge in [0.05, 0.1) is 12.0 Å². The van der Waals surface area contributed by atoms with Gasteiger partial charge in [-0.05, 0) is 87.9 Å². The maximum atomic E-state index is 14.4. The molecule has 0 fully saturated rings. The average Bonchev–Trinajstić information content (AvgIpc) is 3.28. The van der Waals surface area contributed by atoms with Gasteiger partial charge in [-0.2, -0.15) is 0 Å². The maximum absolute atomic E-state index is 14.4. The van der Waals surface area contributed by atoms with Crippen LogP contribution in [0.2, 0.25) is 0 Å². The van der Waals surface area contributed by atoms with Crippen LogP contribution in [0.15, 0.2) is 0 Å². The van der Waals surface area contributed by atoms with Crippen LogP contribution in [-0.4, -0.2) is 23.7 Å². The zero-order valence-corrected chi connectivity index (χ0v) is 45.9. The summed E-state index contributed by atoms with van der Waals surface area (Å²) in [5, 5.41) is 7.42. The number of aliphatic carboxylic acids is 1. The van der Waals surface area contributed by atoms with E-state index in [4.69, 9.17) is 14.6 Å². The van der Waals surface area contributed by atoms with Crippen LogP contribution in [0, 0.1) is 22.2 Å². The highest BCUT2D eigenvalue weighted by atomic mass is 16.5. The predicted molar refractivity (Wildman–Crippen MR) is 285 cm³/mol. The van der Waals surface area contributed by atoms with Crippen LogP contribution in [0.25, 0.3) is 0 Å². The fourth-order valence-corrected chi connectivity index (χ4v) is 12.0. The van der Waals surface area contributed by atoms with Crippen molar-refractivity contribution in [1.82, 2.24) is 0 Å². The van der Waals surface area contributed by atoms with E-state index in [-0.39, 0.29) is 11.4 Å². The summed E-state index contributed by atoms with van der Waals surface area (Å²) in [6.07, 6.45) is 57.7. The second-order valence-corrected chi connectivity index (χ2v) is 21.1. The van der Waals surface area contributed by atoms with Gasteiger partial charge >= 0.3 is 5.97 Å². The normalized spacial score (nSPS) is 12.6. The van der Waals surface area contributed by atoms with Crippen molar-refractivity contribution < 1.29 is 19.4 Å². The van der Waals surface area contributed by atoms with Gasteiger partial charge in [0.1, 0.15) is 0 Å². The van der Waals surface area contributed by atoms with E-state index in [1.165, 1.54) is 257 Å². The number of esters is 1. The highest BCUT2D eigenvalue weighted by molar-refractivity contribution is 5.76. The fourth-order valence-electron chi connectivity index (χ4n) is 12.0. The lowest BCUT2D eigenvalue weighted by molar-refractivity contribution is -0.157. The van der Waals surface area contributed by atoms with Gasteiger partial charge in [0, 0.05) is 6.92 Å². The Morgan fingerprint density at radius 3 is 0.953 bits per heavy atom. The third kappa shape index (κ3) is 30.3. The summed E-state index contributed by atoms with van der Waals surface area (Å²) in [5.74, 6) is 0.0845. The molecule has 0 radical (unpaired) electrons. The van der Waals surface area contributed by atoms with Gasteiger partial charge in [-0.1, -0.05) is 267 Å². The summed E-state index contributed by atoms with van der Waals surface area (Å²) in [7, 11) is 0. The molecular weight excluding hydrogens is 785 g/mol. The Hall–Kier alpha value is -1.06. The van der Waals surface area contributed by atoms with Crippen LogP contribution in [0.3, 0.4) is 0 Å². The van der Waals surface area contributed by atoms with Crippen molar-refractivity contribution in [2.45, 2.75) is 345 Å². The van der Waals surface area contributed by atoms with Crippen LogP contribution in [-0.2, 0) is 14.3 Å². The SMILES string of the molecule is CC(=O)O.CCCCCCC(CCCC(CCCCCC)(CCCCCC)C(=O)OCC)C(CCCCCC)(CCCCCC)C(CCCCCC)(CCCCCC)CCCCCC. The number of carboxylic acids is 1. The zero-order valence-electron chi connectivity index (χ0n) is 45.9. The minimum absolute atomic E-state index is 0.153. The van der Waals surface area contributed by atoms with Crippen LogP contribution in [0.1, 0.15) is 345 Å². The molecule has 0 rings (SSSR count). The molecule has 0 bridgehead atoms. The first-order valence-electron chi connectivity index (χ1n) is 29.4. The van der Waals surface area contributed by atoms with Crippen LogP contribution in [0.4, 0.5) is 0 Å². The molecule has 0 aliphatic heterocycles. The third-order valence-corrected chi connectivity index (χ3v) is 15.7. The smallest absolute Gasteiger partial charge is 0.312 e. The molecule has 0 heterocycles. The molecule has 0 aliphatic rings. The Morgan fingerprint density at radius 2 is 0.641 bits per heavy atom. The van der Waals surface area contributed by atoms with E-state index in [0.29, 0.717) is 17.4 Å². The molecule has 4 heteroatoms. The molecule has 0 saturated carbocycles. The van der Waals surface area contributed by atoms with E-state index in [0.717, 1.165) is 32.1 Å². The number of hydrogen-bond donors (Lipinski definition) is 1. The molecule has 1 atom stereocenters. The minimum Gasteiger partial charge on any atom is -0.481 e. The monoisotopic (exact) mass is 905 g/mol. The summed E-state index contributed by atoms with van der Waals surface area (Å²) < 4.78 is 6.10. The second kappa shape index (κ2) is 45.7. The quantitative estimate of drug-likeness (QED) is 0.0488. The zero-order chi connectivity index (χ0) is 48.1. The van der Waals surface area contributed by atoms with Gasteiger partial charge in [0.15, 0.2) is 0 Å². The van der Waals surface area contributed by atoms with E-state index >= 15 is 0 Å². The molecule has 0 aromatic rings. The molecule has 0 spiro atoms. The summed E-state index contributed by atoms with van der Waals surface area (Å²) >= 11 is 0. The molecule has 0 saturated heterocycles. The summed E-state index contributed by atoms with van der Waals surface area (Å²) in [5.41, 5.74) is 0.543. The van der Waals surface area contributed by atoms with Gasteiger partial charge in [-0.25, -0.2) is 0 Å². The van der Waals surface area contributed by atoms with Gasteiger partial charge in [0.25, 0.3) is 5.97 Å². The predicted octanol–water partition coefficient (Wildman–Crippen LogP) is 21.1. The molecule has 64 heavy (non-hydrogen) atoms. The molecule has 384 valence electrons. The first-order chi connectivity index (χ1) is 31.1. The van der Waals surface area contributed by atoms with Crippen LogP contribution >= 0.6 is 0 Å². The van der Waals surface area contributed by atoms with Crippen molar-refractivity contribution in [2.75, 3.05) is 6.61 Å².